The van der Waals surface area contributed by atoms with Crippen LogP contribution in [0.25, 0.3) is 21.1 Å². The minimum atomic E-state index is 0.598. The molecule has 4 rings (SSSR count). The van der Waals surface area contributed by atoms with Gasteiger partial charge in [-0.2, -0.15) is 0 Å². The highest BCUT2D eigenvalue weighted by atomic mass is 79.9. The molecule has 0 saturated carbocycles. The van der Waals surface area contributed by atoms with Gasteiger partial charge < -0.3 is 0 Å². The average molecular weight is 441 g/mol. The third-order valence-corrected chi connectivity index (χ3v) is 5.95. The standard InChI is InChI=1S/C11H12BNS.C9H6BrNS/c1-12(2)10-5-3-9(4-6-10)11-13-7-8-14-11;10-8-3-1-7(2-4-8)9-11-5-6-12-9/h3-8H,1-2H3;1-6H. The molecule has 0 N–H and O–H groups in total. The molecule has 0 fully saturated rings. The lowest BCUT2D eigenvalue weighted by Crippen LogP contribution is -2.21. The summed E-state index contributed by atoms with van der Waals surface area (Å²) in [4.78, 5) is 8.50. The number of aromatic nitrogens is 2. The molecule has 130 valence electrons. The molecule has 2 aromatic carbocycles. The van der Waals surface area contributed by atoms with Gasteiger partial charge in [0.05, 0.1) is 0 Å². The highest BCUT2D eigenvalue weighted by Crippen LogP contribution is 2.23. The number of rotatable bonds is 3. The molecule has 0 saturated heterocycles. The van der Waals surface area contributed by atoms with Crippen LogP contribution < -0.4 is 5.46 Å². The van der Waals surface area contributed by atoms with Gasteiger partial charge in [-0.15, -0.1) is 22.7 Å². The second-order valence-corrected chi connectivity index (χ2v) is 8.66. The summed E-state index contributed by atoms with van der Waals surface area (Å²) >= 11 is 6.73. The molecule has 6 heteroatoms. The van der Waals surface area contributed by atoms with E-state index in [-0.39, 0.29) is 0 Å². The van der Waals surface area contributed by atoms with Crippen LogP contribution in [0.15, 0.2) is 76.2 Å². The van der Waals surface area contributed by atoms with Gasteiger partial charge in [-0.25, -0.2) is 9.97 Å². The first-order valence-corrected chi connectivity index (χ1v) is 10.8. The fourth-order valence-corrected chi connectivity index (χ4v) is 3.89. The van der Waals surface area contributed by atoms with Crippen LogP contribution in [0.2, 0.25) is 13.6 Å². The molecule has 2 nitrogen and oxygen atoms in total. The molecule has 0 aliphatic rings. The van der Waals surface area contributed by atoms with Crippen LogP contribution >= 0.6 is 38.6 Å². The third-order valence-electron chi connectivity index (χ3n) is 3.78. The van der Waals surface area contributed by atoms with Gasteiger partial charge in [0.25, 0.3) is 0 Å². The Hall–Kier alpha value is -1.76. The molecule has 0 unspecified atom stereocenters. The van der Waals surface area contributed by atoms with Gasteiger partial charge in [-0.05, 0) is 12.1 Å². The fourth-order valence-electron chi connectivity index (χ4n) is 2.34. The topological polar surface area (TPSA) is 25.8 Å². The van der Waals surface area contributed by atoms with Gasteiger partial charge in [-0.3, -0.25) is 0 Å². The highest BCUT2D eigenvalue weighted by Gasteiger charge is 2.04. The van der Waals surface area contributed by atoms with Crippen LogP contribution in [-0.4, -0.2) is 16.7 Å². The van der Waals surface area contributed by atoms with Crippen LogP contribution in [0.1, 0.15) is 0 Å². The number of hydrogen-bond donors (Lipinski definition) is 0. The predicted octanol–water partition coefficient (Wildman–Crippen LogP) is 6.34. The highest BCUT2D eigenvalue weighted by molar-refractivity contribution is 9.10. The number of thiazole rings is 2. The summed E-state index contributed by atoms with van der Waals surface area (Å²) in [5.41, 5.74) is 3.77. The normalized spacial score (nSPS) is 10.1. The molecule has 2 heterocycles. The zero-order valence-electron chi connectivity index (χ0n) is 14.6. The van der Waals surface area contributed by atoms with Gasteiger partial charge in [0.1, 0.15) is 10.0 Å². The van der Waals surface area contributed by atoms with Crippen molar-refractivity contribution in [2.45, 2.75) is 13.6 Å². The van der Waals surface area contributed by atoms with Crippen molar-refractivity contribution in [3.8, 4) is 21.1 Å². The van der Waals surface area contributed by atoms with Crippen molar-refractivity contribution in [3.05, 3.63) is 76.2 Å². The summed E-state index contributed by atoms with van der Waals surface area (Å²) in [5.74, 6) is 0. The Kier molecular flexibility index (Phi) is 6.77. The van der Waals surface area contributed by atoms with Gasteiger partial charge in [0.2, 0.25) is 0 Å². The van der Waals surface area contributed by atoms with E-state index in [0.29, 0.717) is 6.71 Å². The van der Waals surface area contributed by atoms with E-state index < -0.39 is 0 Å². The maximum Gasteiger partial charge on any atom is 0.169 e. The predicted molar refractivity (Wildman–Crippen MR) is 120 cm³/mol. The molecule has 0 bridgehead atoms. The van der Waals surface area contributed by atoms with Crippen molar-refractivity contribution in [1.29, 1.82) is 0 Å². The molecule has 0 aliphatic carbocycles. The number of halogens is 1. The Labute approximate surface area is 171 Å². The molecule has 2 aromatic heterocycles. The molecule has 26 heavy (non-hydrogen) atoms. The Balaban J connectivity index is 0.000000152. The second-order valence-electron chi connectivity index (χ2n) is 5.96. The van der Waals surface area contributed by atoms with Crippen LogP contribution in [0.5, 0.6) is 0 Å². The van der Waals surface area contributed by atoms with Gasteiger partial charge >= 0.3 is 0 Å². The first kappa shape index (κ1) is 19.0. The molecular formula is C20H18BBrN2S2. The van der Waals surface area contributed by atoms with Crippen molar-refractivity contribution in [1.82, 2.24) is 9.97 Å². The molecule has 0 amide bonds. The molecule has 0 radical (unpaired) electrons. The molecule has 0 spiro atoms. The van der Waals surface area contributed by atoms with E-state index in [1.54, 1.807) is 22.7 Å². The van der Waals surface area contributed by atoms with Crippen molar-refractivity contribution >= 4 is 50.8 Å². The monoisotopic (exact) mass is 440 g/mol. The van der Waals surface area contributed by atoms with Crippen molar-refractivity contribution in [2.24, 2.45) is 0 Å². The maximum absolute atomic E-state index is 4.28. The Morgan fingerprint density at radius 2 is 1.19 bits per heavy atom. The smallest absolute Gasteiger partial charge is 0.169 e. The van der Waals surface area contributed by atoms with Crippen LogP contribution in [-0.2, 0) is 0 Å². The number of nitrogens with zero attached hydrogens (tertiary/aromatic N) is 2. The van der Waals surface area contributed by atoms with Crippen LogP contribution in [0.4, 0.5) is 0 Å². The van der Waals surface area contributed by atoms with Gasteiger partial charge in [-0.1, -0.05) is 71.4 Å². The Morgan fingerprint density at radius 1 is 0.731 bits per heavy atom. The maximum atomic E-state index is 4.28. The van der Waals surface area contributed by atoms with Crippen molar-refractivity contribution in [2.75, 3.05) is 0 Å². The van der Waals surface area contributed by atoms with Gasteiger partial charge in [0, 0.05) is 38.8 Å². The first-order valence-electron chi connectivity index (χ1n) is 8.29. The third kappa shape index (κ3) is 5.13. The average Bonchev–Trinajstić information content (AvgIpc) is 3.37. The van der Waals surface area contributed by atoms with E-state index in [1.807, 2.05) is 35.3 Å². The largest absolute Gasteiger partial charge is 0.245 e. The summed E-state index contributed by atoms with van der Waals surface area (Å²) < 4.78 is 1.10. The van der Waals surface area contributed by atoms with Gasteiger partial charge in [0.15, 0.2) is 6.71 Å². The van der Waals surface area contributed by atoms with Crippen molar-refractivity contribution in [3.63, 3.8) is 0 Å². The van der Waals surface area contributed by atoms with Crippen LogP contribution in [0, 0.1) is 0 Å². The quantitative estimate of drug-likeness (QED) is 0.347. The molecular weight excluding hydrogens is 423 g/mol. The lowest BCUT2D eigenvalue weighted by molar-refractivity contribution is 1.41. The van der Waals surface area contributed by atoms with Crippen molar-refractivity contribution < 1.29 is 0 Å². The lowest BCUT2D eigenvalue weighted by atomic mass is 9.49. The minimum absolute atomic E-state index is 0.598. The number of hydrogen-bond acceptors (Lipinski definition) is 4. The summed E-state index contributed by atoms with van der Waals surface area (Å²) in [6.07, 6.45) is 3.67. The molecule has 4 aromatic rings. The van der Waals surface area contributed by atoms with E-state index in [2.05, 4.69) is 75.9 Å². The zero-order chi connectivity index (χ0) is 18.4. The zero-order valence-corrected chi connectivity index (χ0v) is 17.8. The molecule has 0 atom stereocenters. The number of benzene rings is 2. The Bertz CT molecular complexity index is 904. The van der Waals surface area contributed by atoms with E-state index in [0.717, 1.165) is 14.5 Å². The first-order chi connectivity index (χ1) is 12.6. The van der Waals surface area contributed by atoms with E-state index in [4.69, 9.17) is 0 Å². The van der Waals surface area contributed by atoms with Crippen LogP contribution in [0.3, 0.4) is 0 Å². The summed E-state index contributed by atoms with van der Waals surface area (Å²) in [6, 6.07) is 16.8. The lowest BCUT2D eigenvalue weighted by Gasteiger charge is -2.02. The molecule has 0 aliphatic heterocycles. The summed E-state index contributed by atoms with van der Waals surface area (Å²) in [5, 5.41) is 6.16. The summed E-state index contributed by atoms with van der Waals surface area (Å²) in [6.45, 7) is 5.01. The fraction of sp³-hybridized carbons (Fsp3) is 0.100. The van der Waals surface area contributed by atoms with E-state index in [9.17, 15) is 0 Å². The van der Waals surface area contributed by atoms with E-state index >= 15 is 0 Å². The van der Waals surface area contributed by atoms with E-state index in [1.165, 1.54) is 16.6 Å². The summed E-state index contributed by atoms with van der Waals surface area (Å²) in [7, 11) is 0. The Morgan fingerprint density at radius 3 is 1.58 bits per heavy atom. The second kappa shape index (κ2) is 9.26. The minimum Gasteiger partial charge on any atom is -0.245 e. The SMILES string of the molecule is Brc1ccc(-c2nccs2)cc1.CB(C)c1ccc(-c2nccs2)cc1.